The monoisotopic (exact) mass is 189 g/mol. The molecule has 0 aromatic carbocycles. The first kappa shape index (κ1) is 6.48. The van der Waals surface area contributed by atoms with E-state index in [2.05, 4.69) is 20.9 Å². The second-order valence-electron chi connectivity index (χ2n) is 1.63. The van der Waals surface area contributed by atoms with Crippen molar-refractivity contribution in [3.8, 4) is 0 Å². The molecule has 48 valence electrons. The molecule has 0 saturated heterocycles. The van der Waals surface area contributed by atoms with E-state index in [0.717, 1.165) is 4.48 Å². The molecule has 1 aliphatic rings. The van der Waals surface area contributed by atoms with Crippen LogP contribution in [0.4, 0.5) is 0 Å². The summed E-state index contributed by atoms with van der Waals surface area (Å²) in [7, 11) is 0. The molecule has 0 aromatic rings. The van der Waals surface area contributed by atoms with Crippen molar-refractivity contribution < 1.29 is 9.90 Å². The molecule has 0 spiro atoms. The van der Waals surface area contributed by atoms with Gasteiger partial charge in [-0.15, -0.1) is 0 Å². The van der Waals surface area contributed by atoms with Gasteiger partial charge < -0.3 is 5.11 Å². The largest absolute Gasteiger partial charge is 0.477 e. The maximum Gasteiger partial charge on any atom is 0.350 e. The van der Waals surface area contributed by atoms with E-state index in [1.165, 1.54) is 6.20 Å². The molecule has 1 aliphatic heterocycles. The van der Waals surface area contributed by atoms with Crippen molar-refractivity contribution in [2.45, 2.75) is 6.42 Å². The van der Waals surface area contributed by atoms with Crippen molar-refractivity contribution in [3.63, 3.8) is 0 Å². The van der Waals surface area contributed by atoms with Gasteiger partial charge in [-0.05, 0) is 0 Å². The third-order valence-electron chi connectivity index (χ3n) is 0.944. The SMILES string of the molecule is O=C(O)C1=NC=C(Br)C1. The van der Waals surface area contributed by atoms with E-state index >= 15 is 0 Å². The number of rotatable bonds is 1. The minimum atomic E-state index is -0.944. The van der Waals surface area contributed by atoms with E-state index in [9.17, 15) is 4.79 Å². The highest BCUT2D eigenvalue weighted by atomic mass is 79.9. The van der Waals surface area contributed by atoms with Crippen molar-refractivity contribution in [3.05, 3.63) is 10.7 Å². The summed E-state index contributed by atoms with van der Waals surface area (Å²) in [5.41, 5.74) is 0.196. The van der Waals surface area contributed by atoms with Crippen LogP contribution in [0.5, 0.6) is 0 Å². The third kappa shape index (κ3) is 1.38. The second-order valence-corrected chi connectivity index (χ2v) is 2.65. The molecule has 0 bridgehead atoms. The van der Waals surface area contributed by atoms with Gasteiger partial charge in [-0.2, -0.15) is 0 Å². The van der Waals surface area contributed by atoms with Gasteiger partial charge in [0.15, 0.2) is 0 Å². The molecule has 0 amide bonds. The Kier molecular flexibility index (Phi) is 1.66. The van der Waals surface area contributed by atoms with Gasteiger partial charge >= 0.3 is 5.97 Å². The fourth-order valence-electron chi connectivity index (χ4n) is 0.530. The van der Waals surface area contributed by atoms with Gasteiger partial charge in [0, 0.05) is 17.1 Å². The number of allylic oxidation sites excluding steroid dienone is 1. The molecule has 0 saturated carbocycles. The number of aliphatic carboxylic acids is 1. The maximum absolute atomic E-state index is 10.2. The number of carboxylic acid groups (broad SMARTS) is 1. The molecule has 0 aromatic heterocycles. The van der Waals surface area contributed by atoms with Crippen molar-refractivity contribution in [2.75, 3.05) is 0 Å². The van der Waals surface area contributed by atoms with E-state index in [1.807, 2.05) is 0 Å². The van der Waals surface area contributed by atoms with Crippen LogP contribution >= 0.6 is 15.9 Å². The zero-order chi connectivity index (χ0) is 6.85. The Morgan fingerprint density at radius 2 is 2.56 bits per heavy atom. The molecule has 1 N–H and O–H groups in total. The summed E-state index contributed by atoms with van der Waals surface area (Å²) in [4.78, 5) is 13.8. The number of nitrogens with zero attached hydrogens (tertiary/aromatic N) is 1. The number of aliphatic imine (C=N–C) groups is 1. The summed E-state index contributed by atoms with van der Waals surface area (Å²) in [6.07, 6.45) is 1.92. The van der Waals surface area contributed by atoms with Crippen LogP contribution in [0.3, 0.4) is 0 Å². The molecule has 4 heteroatoms. The lowest BCUT2D eigenvalue weighted by Gasteiger charge is -1.87. The van der Waals surface area contributed by atoms with Crippen LogP contribution in [0.1, 0.15) is 6.42 Å². The highest BCUT2D eigenvalue weighted by Gasteiger charge is 2.13. The van der Waals surface area contributed by atoms with E-state index in [-0.39, 0.29) is 5.71 Å². The number of carboxylic acids is 1. The van der Waals surface area contributed by atoms with Gasteiger partial charge in [0.2, 0.25) is 0 Å². The quantitative estimate of drug-likeness (QED) is 0.674. The average molecular weight is 190 g/mol. The van der Waals surface area contributed by atoms with Crippen molar-refractivity contribution in [2.24, 2.45) is 4.99 Å². The molecular weight excluding hydrogens is 186 g/mol. The minimum absolute atomic E-state index is 0.196. The fraction of sp³-hybridized carbons (Fsp3) is 0.200. The smallest absolute Gasteiger partial charge is 0.350 e. The van der Waals surface area contributed by atoms with Gasteiger partial charge in [0.25, 0.3) is 0 Å². The Balaban J connectivity index is 2.64. The highest BCUT2D eigenvalue weighted by Crippen LogP contribution is 2.17. The summed E-state index contributed by atoms with van der Waals surface area (Å²) in [6.45, 7) is 0. The van der Waals surface area contributed by atoms with Crippen molar-refractivity contribution in [1.82, 2.24) is 0 Å². The van der Waals surface area contributed by atoms with Gasteiger partial charge in [-0.3, -0.25) is 4.99 Å². The van der Waals surface area contributed by atoms with E-state index in [1.54, 1.807) is 0 Å². The van der Waals surface area contributed by atoms with Crippen LogP contribution in [0.2, 0.25) is 0 Å². The Labute approximate surface area is 60.2 Å². The van der Waals surface area contributed by atoms with Crippen LogP contribution in [0, 0.1) is 0 Å². The summed E-state index contributed by atoms with van der Waals surface area (Å²) >= 11 is 3.13. The van der Waals surface area contributed by atoms with Crippen LogP contribution in [-0.2, 0) is 4.79 Å². The van der Waals surface area contributed by atoms with Crippen molar-refractivity contribution in [1.29, 1.82) is 0 Å². The molecule has 1 heterocycles. The molecule has 1 rings (SSSR count). The topological polar surface area (TPSA) is 49.7 Å². The lowest BCUT2D eigenvalue weighted by Crippen LogP contribution is -2.09. The number of hydrogen-bond acceptors (Lipinski definition) is 2. The van der Waals surface area contributed by atoms with E-state index < -0.39 is 5.97 Å². The summed E-state index contributed by atoms with van der Waals surface area (Å²) in [5, 5.41) is 8.35. The van der Waals surface area contributed by atoms with Gasteiger partial charge in [0.1, 0.15) is 5.71 Å². The molecule has 9 heavy (non-hydrogen) atoms. The summed E-state index contributed by atoms with van der Waals surface area (Å²) in [5.74, 6) is -0.944. The molecular formula is C5H4BrNO2. The zero-order valence-electron chi connectivity index (χ0n) is 4.47. The Morgan fingerprint density at radius 3 is 2.78 bits per heavy atom. The standard InChI is InChI=1S/C5H4BrNO2/c6-3-1-4(5(8)9)7-2-3/h2H,1H2,(H,8,9). The Bertz CT molecular complexity index is 207. The molecule has 0 atom stereocenters. The Morgan fingerprint density at radius 1 is 1.89 bits per heavy atom. The molecule has 0 radical (unpaired) electrons. The fourth-order valence-corrected chi connectivity index (χ4v) is 0.898. The molecule has 0 aliphatic carbocycles. The first-order chi connectivity index (χ1) is 4.20. The second kappa shape index (κ2) is 2.31. The predicted molar refractivity (Wildman–Crippen MR) is 36.7 cm³/mol. The summed E-state index contributed by atoms with van der Waals surface area (Å²) < 4.78 is 0.819. The zero-order valence-corrected chi connectivity index (χ0v) is 6.05. The van der Waals surface area contributed by atoms with E-state index in [0.29, 0.717) is 6.42 Å². The van der Waals surface area contributed by atoms with Gasteiger partial charge in [-0.25, -0.2) is 4.79 Å². The number of halogens is 1. The number of carbonyl (C=O) groups is 1. The van der Waals surface area contributed by atoms with Gasteiger partial charge in [0.05, 0.1) is 0 Å². The first-order valence-electron chi connectivity index (χ1n) is 2.34. The van der Waals surface area contributed by atoms with Gasteiger partial charge in [-0.1, -0.05) is 15.9 Å². The van der Waals surface area contributed by atoms with E-state index in [4.69, 9.17) is 5.11 Å². The first-order valence-corrected chi connectivity index (χ1v) is 3.14. The molecule has 0 fully saturated rings. The Hall–Kier alpha value is -0.640. The number of hydrogen-bond donors (Lipinski definition) is 1. The lowest BCUT2D eigenvalue weighted by molar-refractivity contribution is -0.129. The third-order valence-corrected chi connectivity index (χ3v) is 1.43. The molecule has 3 nitrogen and oxygen atoms in total. The van der Waals surface area contributed by atoms with Crippen molar-refractivity contribution >= 4 is 27.6 Å². The normalized spacial score (nSPS) is 17.0. The van der Waals surface area contributed by atoms with Crippen LogP contribution in [0.15, 0.2) is 15.7 Å². The van der Waals surface area contributed by atoms with Crippen LogP contribution < -0.4 is 0 Å². The van der Waals surface area contributed by atoms with Crippen LogP contribution in [-0.4, -0.2) is 16.8 Å². The minimum Gasteiger partial charge on any atom is -0.477 e. The lowest BCUT2D eigenvalue weighted by atomic mass is 10.3. The van der Waals surface area contributed by atoms with Crippen LogP contribution in [0.25, 0.3) is 0 Å². The summed E-state index contributed by atoms with van der Waals surface area (Å²) in [6, 6.07) is 0. The molecule has 0 unspecified atom stereocenters. The predicted octanol–water partition coefficient (Wildman–Crippen LogP) is 1.15. The maximum atomic E-state index is 10.2. The average Bonchev–Trinajstić information content (AvgIpc) is 2.14. The highest BCUT2D eigenvalue weighted by molar-refractivity contribution is 9.11.